The molecule has 2 saturated heterocycles. The largest absolute Gasteiger partial charge is 0.573 e. The number of cyclic esters (lactones) is 1. The molecule has 158 valence electrons. The van der Waals surface area contributed by atoms with Crippen LogP contribution in [0.15, 0.2) is 18.2 Å². The number of halogens is 3. The van der Waals surface area contributed by atoms with Gasteiger partial charge in [0, 0.05) is 24.4 Å². The summed E-state index contributed by atoms with van der Waals surface area (Å²) in [4.78, 5) is 26.0. The van der Waals surface area contributed by atoms with Crippen LogP contribution < -0.4 is 4.74 Å². The number of esters is 1. The first-order chi connectivity index (χ1) is 13.6. The Bertz CT molecular complexity index is 809. The van der Waals surface area contributed by atoms with Crippen molar-refractivity contribution >= 4 is 11.9 Å². The Morgan fingerprint density at radius 1 is 1.24 bits per heavy atom. The molecule has 1 aromatic rings. The Balaban J connectivity index is 1.30. The molecule has 29 heavy (non-hydrogen) atoms. The van der Waals surface area contributed by atoms with Gasteiger partial charge < -0.3 is 14.4 Å². The third-order valence-electron chi connectivity index (χ3n) is 6.49. The SMILES string of the molecule is Cc1cc(OC(F)(F)F)ccc1C1CCN(C(=O)C2CC3(COC(=O)C3)C2)CC1. The molecule has 1 aliphatic carbocycles. The zero-order valence-electron chi connectivity index (χ0n) is 16.3. The Morgan fingerprint density at radius 2 is 1.93 bits per heavy atom. The number of aryl methyl sites for hydroxylation is 1. The fourth-order valence-corrected chi connectivity index (χ4v) is 5.04. The molecular formula is C21H24F3NO4. The molecule has 2 aliphatic heterocycles. The molecule has 1 aromatic carbocycles. The number of benzene rings is 1. The molecule has 0 unspecified atom stereocenters. The molecule has 0 bridgehead atoms. The monoisotopic (exact) mass is 411 g/mol. The van der Waals surface area contributed by atoms with Gasteiger partial charge in [0.1, 0.15) is 5.75 Å². The number of carbonyl (C=O) groups excluding carboxylic acids is 2. The van der Waals surface area contributed by atoms with E-state index >= 15 is 0 Å². The molecule has 0 radical (unpaired) electrons. The van der Waals surface area contributed by atoms with Crippen molar-refractivity contribution in [1.29, 1.82) is 0 Å². The maximum Gasteiger partial charge on any atom is 0.573 e. The van der Waals surface area contributed by atoms with Gasteiger partial charge in [-0.2, -0.15) is 0 Å². The van der Waals surface area contributed by atoms with E-state index in [1.54, 1.807) is 13.0 Å². The minimum absolute atomic E-state index is 0.0263. The van der Waals surface area contributed by atoms with E-state index in [9.17, 15) is 22.8 Å². The fourth-order valence-electron chi connectivity index (χ4n) is 5.04. The average Bonchev–Trinajstić information content (AvgIpc) is 3.01. The highest BCUT2D eigenvalue weighted by Gasteiger charge is 2.53. The van der Waals surface area contributed by atoms with Crippen LogP contribution in [-0.2, 0) is 14.3 Å². The smallest absolute Gasteiger partial charge is 0.465 e. The molecule has 0 atom stereocenters. The molecule has 2 heterocycles. The van der Waals surface area contributed by atoms with E-state index in [2.05, 4.69) is 4.74 Å². The van der Waals surface area contributed by atoms with Gasteiger partial charge in [-0.3, -0.25) is 9.59 Å². The summed E-state index contributed by atoms with van der Waals surface area (Å²) < 4.78 is 46.2. The number of rotatable bonds is 3. The number of likely N-dealkylation sites (tertiary alicyclic amines) is 1. The lowest BCUT2D eigenvalue weighted by Crippen LogP contribution is -2.49. The van der Waals surface area contributed by atoms with Gasteiger partial charge in [-0.05, 0) is 61.8 Å². The second-order valence-corrected chi connectivity index (χ2v) is 8.61. The maximum atomic E-state index is 12.8. The molecule has 0 N–H and O–H groups in total. The summed E-state index contributed by atoms with van der Waals surface area (Å²) in [7, 11) is 0. The standard InChI is InChI=1S/C21H24F3NO4/c1-13-8-16(29-21(22,23)24)2-3-17(13)14-4-6-25(7-5-14)19(27)15-9-20(10-15)11-18(26)28-12-20/h2-3,8,14-15H,4-7,9-12H2,1H3. The van der Waals surface area contributed by atoms with E-state index < -0.39 is 6.36 Å². The van der Waals surface area contributed by atoms with Crippen LogP contribution >= 0.6 is 0 Å². The number of alkyl halides is 3. The molecule has 8 heteroatoms. The predicted molar refractivity (Wildman–Crippen MR) is 97.2 cm³/mol. The molecule has 3 aliphatic rings. The molecule has 1 amide bonds. The third-order valence-corrected chi connectivity index (χ3v) is 6.49. The van der Waals surface area contributed by atoms with Gasteiger partial charge >= 0.3 is 12.3 Å². The summed E-state index contributed by atoms with van der Waals surface area (Å²) in [5.74, 6) is -0.0355. The molecule has 1 saturated carbocycles. The lowest BCUT2D eigenvalue weighted by atomic mass is 9.61. The van der Waals surface area contributed by atoms with E-state index in [-0.39, 0.29) is 34.9 Å². The van der Waals surface area contributed by atoms with Gasteiger partial charge in [-0.25, -0.2) is 0 Å². The Morgan fingerprint density at radius 3 is 2.48 bits per heavy atom. The quantitative estimate of drug-likeness (QED) is 0.707. The van der Waals surface area contributed by atoms with Crippen molar-refractivity contribution in [1.82, 2.24) is 4.90 Å². The highest BCUT2D eigenvalue weighted by Crippen LogP contribution is 2.52. The van der Waals surface area contributed by atoms with Gasteiger partial charge in [0.2, 0.25) is 5.91 Å². The van der Waals surface area contributed by atoms with Gasteiger partial charge in [0.25, 0.3) is 0 Å². The van der Waals surface area contributed by atoms with E-state index in [1.807, 2.05) is 4.90 Å². The summed E-state index contributed by atoms with van der Waals surface area (Å²) in [5, 5.41) is 0. The van der Waals surface area contributed by atoms with Crippen molar-refractivity contribution in [3.63, 3.8) is 0 Å². The average molecular weight is 411 g/mol. The Kier molecular flexibility index (Phi) is 4.99. The summed E-state index contributed by atoms with van der Waals surface area (Å²) in [6.45, 7) is 3.51. The third kappa shape index (κ3) is 4.21. The Hall–Kier alpha value is -2.25. The van der Waals surface area contributed by atoms with Crippen LogP contribution in [0.1, 0.15) is 49.1 Å². The second-order valence-electron chi connectivity index (χ2n) is 8.61. The lowest BCUT2D eigenvalue weighted by Gasteiger charge is -2.45. The predicted octanol–water partition coefficient (Wildman–Crippen LogP) is 3.94. The van der Waals surface area contributed by atoms with Crippen LogP contribution in [0, 0.1) is 18.3 Å². The van der Waals surface area contributed by atoms with E-state index in [0.29, 0.717) is 26.1 Å². The van der Waals surface area contributed by atoms with Crippen LogP contribution in [0.3, 0.4) is 0 Å². The van der Waals surface area contributed by atoms with Crippen molar-refractivity contribution in [2.45, 2.75) is 51.3 Å². The van der Waals surface area contributed by atoms with E-state index in [1.165, 1.54) is 12.1 Å². The zero-order chi connectivity index (χ0) is 20.8. The number of hydrogen-bond donors (Lipinski definition) is 0. The van der Waals surface area contributed by atoms with Crippen molar-refractivity contribution in [3.05, 3.63) is 29.3 Å². The van der Waals surface area contributed by atoms with Gasteiger partial charge in [0.15, 0.2) is 0 Å². The number of piperidine rings is 1. The minimum atomic E-state index is -4.70. The molecule has 5 nitrogen and oxygen atoms in total. The van der Waals surface area contributed by atoms with Crippen molar-refractivity contribution in [2.75, 3.05) is 19.7 Å². The first-order valence-electron chi connectivity index (χ1n) is 9.95. The highest BCUT2D eigenvalue weighted by atomic mass is 19.4. The summed E-state index contributed by atoms with van der Waals surface area (Å²) >= 11 is 0. The van der Waals surface area contributed by atoms with Gasteiger partial charge in [0.05, 0.1) is 13.0 Å². The van der Waals surface area contributed by atoms with E-state index in [4.69, 9.17) is 4.74 Å². The van der Waals surface area contributed by atoms with Gasteiger partial charge in [-0.15, -0.1) is 13.2 Å². The van der Waals surface area contributed by atoms with Crippen LogP contribution in [-0.4, -0.2) is 42.8 Å². The maximum absolute atomic E-state index is 12.8. The molecule has 1 spiro atoms. The lowest BCUT2D eigenvalue weighted by molar-refractivity contribution is -0.274. The van der Waals surface area contributed by atoms with Gasteiger partial charge in [-0.1, -0.05) is 6.07 Å². The van der Waals surface area contributed by atoms with Crippen LogP contribution in [0.5, 0.6) is 5.75 Å². The summed E-state index contributed by atoms with van der Waals surface area (Å²) in [6, 6.07) is 4.47. The van der Waals surface area contributed by atoms with Crippen molar-refractivity contribution in [3.8, 4) is 5.75 Å². The first-order valence-corrected chi connectivity index (χ1v) is 9.95. The Labute approximate surface area is 167 Å². The topological polar surface area (TPSA) is 55.8 Å². The van der Waals surface area contributed by atoms with Crippen molar-refractivity contribution < 1.29 is 32.2 Å². The van der Waals surface area contributed by atoms with Crippen LogP contribution in [0.25, 0.3) is 0 Å². The first kappa shape index (κ1) is 20.0. The zero-order valence-corrected chi connectivity index (χ0v) is 16.3. The number of carbonyl (C=O) groups is 2. The minimum Gasteiger partial charge on any atom is -0.465 e. The molecule has 3 fully saturated rings. The number of hydrogen-bond acceptors (Lipinski definition) is 4. The number of ether oxygens (including phenoxy) is 2. The molecule has 0 aromatic heterocycles. The normalized spacial score (nSPS) is 27.7. The summed E-state index contributed by atoms with van der Waals surface area (Å²) in [5.41, 5.74) is 1.66. The van der Waals surface area contributed by atoms with Crippen LogP contribution in [0.4, 0.5) is 13.2 Å². The second kappa shape index (κ2) is 7.22. The summed E-state index contributed by atoms with van der Waals surface area (Å²) in [6.07, 6.45) is -1.27. The highest BCUT2D eigenvalue weighted by molar-refractivity contribution is 5.81. The number of nitrogens with zero attached hydrogens (tertiary/aromatic N) is 1. The van der Waals surface area contributed by atoms with Crippen LogP contribution in [0.2, 0.25) is 0 Å². The molecule has 4 rings (SSSR count). The molecular weight excluding hydrogens is 387 g/mol. The number of amides is 1. The van der Waals surface area contributed by atoms with E-state index in [0.717, 1.165) is 36.8 Å². The van der Waals surface area contributed by atoms with Crippen molar-refractivity contribution in [2.24, 2.45) is 11.3 Å². The fraction of sp³-hybridized carbons (Fsp3) is 0.619.